The summed E-state index contributed by atoms with van der Waals surface area (Å²) >= 11 is 1.71. The van der Waals surface area contributed by atoms with E-state index < -0.39 is 0 Å². The van der Waals surface area contributed by atoms with Gasteiger partial charge in [0.1, 0.15) is 0 Å². The highest BCUT2D eigenvalue weighted by Crippen LogP contribution is 2.29. The van der Waals surface area contributed by atoms with Gasteiger partial charge in [-0.15, -0.1) is 11.3 Å². The first-order valence-electron chi connectivity index (χ1n) is 3.93. The van der Waals surface area contributed by atoms with Gasteiger partial charge < -0.3 is 5.11 Å². The Hall–Kier alpha value is -0.760. The minimum atomic E-state index is -0.204. The van der Waals surface area contributed by atoms with Crippen molar-refractivity contribution in [2.45, 2.75) is 20.3 Å². The molecule has 1 aromatic rings. The monoisotopic (exact) mass is 182 g/mol. The zero-order chi connectivity index (χ0) is 9.19. The largest absolute Gasteiger partial charge is 0.512 e. The second kappa shape index (κ2) is 3.31. The Labute approximate surface area is 77.4 Å². The fourth-order valence-corrected chi connectivity index (χ4v) is 1.88. The molecule has 0 fully saturated rings. The van der Waals surface area contributed by atoms with Crippen molar-refractivity contribution in [1.29, 1.82) is 0 Å². The molecule has 0 saturated carbocycles. The predicted octanol–water partition coefficient (Wildman–Crippen LogP) is 3.39. The molecule has 1 N–H and O–H groups in total. The second-order valence-corrected chi connectivity index (χ2v) is 4.62. The molecule has 66 valence electrons. The van der Waals surface area contributed by atoms with Crippen LogP contribution in [0.15, 0.2) is 29.9 Å². The van der Waals surface area contributed by atoms with Gasteiger partial charge in [0.05, 0.1) is 5.76 Å². The molecular formula is C10H14OS. The molecule has 0 amide bonds. The molecule has 2 heteroatoms. The Bertz CT molecular complexity index is 259. The molecule has 12 heavy (non-hydrogen) atoms. The molecule has 0 radical (unpaired) electrons. The molecule has 0 atom stereocenters. The second-order valence-electron chi connectivity index (χ2n) is 3.59. The van der Waals surface area contributed by atoms with Crippen LogP contribution in [0, 0.1) is 5.41 Å². The molecule has 1 heterocycles. The topological polar surface area (TPSA) is 20.2 Å². The summed E-state index contributed by atoms with van der Waals surface area (Å²) in [7, 11) is 0. The minimum absolute atomic E-state index is 0.204. The summed E-state index contributed by atoms with van der Waals surface area (Å²) in [6, 6.07) is 4.10. The van der Waals surface area contributed by atoms with E-state index in [0.717, 1.165) is 6.42 Å². The van der Waals surface area contributed by atoms with Crippen LogP contribution < -0.4 is 0 Å². The molecule has 0 aromatic carbocycles. The van der Waals surface area contributed by atoms with Crippen LogP contribution in [0.3, 0.4) is 0 Å². The Morgan fingerprint density at radius 1 is 1.67 bits per heavy atom. The van der Waals surface area contributed by atoms with Crippen LogP contribution in [0.1, 0.15) is 18.7 Å². The smallest absolute Gasteiger partial charge is 0.0910 e. The highest BCUT2D eigenvalue weighted by molar-refractivity contribution is 7.09. The van der Waals surface area contributed by atoms with Gasteiger partial charge >= 0.3 is 0 Å². The van der Waals surface area contributed by atoms with Crippen molar-refractivity contribution >= 4 is 11.3 Å². The quantitative estimate of drug-likeness (QED) is 0.710. The Kier molecular flexibility index (Phi) is 2.58. The van der Waals surface area contributed by atoms with E-state index in [9.17, 15) is 5.11 Å². The first-order chi connectivity index (χ1) is 5.52. The van der Waals surface area contributed by atoms with Crippen molar-refractivity contribution in [1.82, 2.24) is 0 Å². The van der Waals surface area contributed by atoms with Crippen LogP contribution in [-0.4, -0.2) is 5.11 Å². The number of hydrogen-bond donors (Lipinski definition) is 1. The van der Waals surface area contributed by atoms with Crippen molar-refractivity contribution in [3.63, 3.8) is 0 Å². The van der Waals surface area contributed by atoms with E-state index in [0.29, 0.717) is 0 Å². The summed E-state index contributed by atoms with van der Waals surface area (Å²) in [5.41, 5.74) is -0.204. The van der Waals surface area contributed by atoms with E-state index in [-0.39, 0.29) is 11.2 Å². The van der Waals surface area contributed by atoms with E-state index in [1.54, 1.807) is 11.3 Å². The average Bonchev–Trinajstić information content (AvgIpc) is 2.38. The van der Waals surface area contributed by atoms with Crippen LogP contribution in [0.5, 0.6) is 0 Å². The van der Waals surface area contributed by atoms with Crippen LogP contribution in [0.25, 0.3) is 0 Å². The van der Waals surface area contributed by atoms with Gasteiger partial charge in [-0.2, -0.15) is 0 Å². The van der Waals surface area contributed by atoms with E-state index in [4.69, 9.17) is 0 Å². The number of aliphatic hydroxyl groups excluding tert-OH is 1. The van der Waals surface area contributed by atoms with Gasteiger partial charge in [0.25, 0.3) is 0 Å². The lowest BCUT2D eigenvalue weighted by Gasteiger charge is -2.21. The van der Waals surface area contributed by atoms with Gasteiger partial charge in [0, 0.05) is 10.3 Å². The van der Waals surface area contributed by atoms with E-state index in [1.165, 1.54) is 4.88 Å². The fourth-order valence-electron chi connectivity index (χ4n) is 0.951. The lowest BCUT2D eigenvalue weighted by Crippen LogP contribution is -2.16. The summed E-state index contributed by atoms with van der Waals surface area (Å²) < 4.78 is 0. The maximum atomic E-state index is 9.29. The maximum Gasteiger partial charge on any atom is 0.0910 e. The molecule has 0 saturated heterocycles. The number of aliphatic hydroxyl groups is 1. The minimum Gasteiger partial charge on any atom is -0.512 e. The first-order valence-corrected chi connectivity index (χ1v) is 4.81. The van der Waals surface area contributed by atoms with Gasteiger partial charge in [-0.1, -0.05) is 26.5 Å². The van der Waals surface area contributed by atoms with Crippen LogP contribution in [-0.2, 0) is 6.42 Å². The lowest BCUT2D eigenvalue weighted by atomic mass is 9.87. The van der Waals surface area contributed by atoms with Crippen LogP contribution in [0.4, 0.5) is 0 Å². The number of rotatable bonds is 3. The third kappa shape index (κ3) is 2.11. The molecule has 0 bridgehead atoms. The van der Waals surface area contributed by atoms with Crippen molar-refractivity contribution in [3.8, 4) is 0 Å². The zero-order valence-corrected chi connectivity index (χ0v) is 8.32. The fraction of sp³-hybridized carbons (Fsp3) is 0.400. The third-order valence-electron chi connectivity index (χ3n) is 1.98. The zero-order valence-electron chi connectivity index (χ0n) is 7.50. The number of thiophene rings is 1. The SMILES string of the molecule is C=C(O)C(C)(C)Cc1cccs1. The summed E-state index contributed by atoms with van der Waals surface area (Å²) in [4.78, 5) is 1.29. The molecule has 0 aliphatic heterocycles. The van der Waals surface area contributed by atoms with Crippen LogP contribution >= 0.6 is 11.3 Å². The van der Waals surface area contributed by atoms with Crippen molar-refractivity contribution in [2.24, 2.45) is 5.41 Å². The predicted molar refractivity (Wildman–Crippen MR) is 53.6 cm³/mol. The average molecular weight is 182 g/mol. The third-order valence-corrected chi connectivity index (χ3v) is 2.85. The lowest BCUT2D eigenvalue weighted by molar-refractivity contribution is 0.260. The summed E-state index contributed by atoms with van der Waals surface area (Å²) in [5, 5.41) is 11.3. The molecule has 1 nitrogen and oxygen atoms in total. The molecule has 1 rings (SSSR count). The Balaban J connectivity index is 2.69. The highest BCUT2D eigenvalue weighted by atomic mass is 32.1. The van der Waals surface area contributed by atoms with Crippen molar-refractivity contribution in [2.75, 3.05) is 0 Å². The molecule has 0 spiro atoms. The highest BCUT2D eigenvalue weighted by Gasteiger charge is 2.22. The van der Waals surface area contributed by atoms with Crippen molar-refractivity contribution in [3.05, 3.63) is 34.7 Å². The molecule has 0 aliphatic rings. The molecule has 0 aliphatic carbocycles. The van der Waals surface area contributed by atoms with E-state index >= 15 is 0 Å². The van der Waals surface area contributed by atoms with Gasteiger partial charge in [0.15, 0.2) is 0 Å². The standard InChI is InChI=1S/C10H14OS/c1-8(11)10(2,3)7-9-5-4-6-12-9/h4-6,11H,1,7H2,2-3H3. The Morgan fingerprint density at radius 2 is 2.33 bits per heavy atom. The maximum absolute atomic E-state index is 9.29. The van der Waals surface area contributed by atoms with Gasteiger partial charge in [-0.05, 0) is 17.9 Å². The van der Waals surface area contributed by atoms with Crippen LogP contribution in [0.2, 0.25) is 0 Å². The van der Waals surface area contributed by atoms with Crippen molar-refractivity contribution < 1.29 is 5.11 Å². The van der Waals surface area contributed by atoms with E-state index in [1.807, 2.05) is 25.3 Å². The normalized spacial score (nSPS) is 11.5. The summed E-state index contributed by atoms with van der Waals surface area (Å²) in [6.07, 6.45) is 0.861. The molecule has 0 unspecified atom stereocenters. The molecular weight excluding hydrogens is 168 g/mol. The number of allylic oxidation sites excluding steroid dienone is 1. The van der Waals surface area contributed by atoms with Gasteiger partial charge in [0.2, 0.25) is 0 Å². The summed E-state index contributed by atoms with van der Waals surface area (Å²) in [5.74, 6) is 0.260. The first kappa shape index (κ1) is 9.33. The number of hydrogen-bond acceptors (Lipinski definition) is 2. The molecule has 1 aromatic heterocycles. The Morgan fingerprint density at radius 3 is 2.75 bits per heavy atom. The van der Waals surface area contributed by atoms with Gasteiger partial charge in [-0.3, -0.25) is 0 Å². The van der Waals surface area contributed by atoms with E-state index in [2.05, 4.69) is 12.6 Å². The van der Waals surface area contributed by atoms with Gasteiger partial charge in [-0.25, -0.2) is 0 Å². The summed E-state index contributed by atoms with van der Waals surface area (Å²) in [6.45, 7) is 7.56.